The van der Waals surface area contributed by atoms with Gasteiger partial charge in [0.05, 0.1) is 31.7 Å². The molecule has 1 aliphatic heterocycles. The van der Waals surface area contributed by atoms with Crippen LogP contribution < -0.4 is 14.5 Å². The highest BCUT2D eigenvalue weighted by Crippen LogP contribution is 2.18. The van der Waals surface area contributed by atoms with Gasteiger partial charge >= 0.3 is 0 Å². The molecule has 0 spiro atoms. The van der Waals surface area contributed by atoms with Gasteiger partial charge in [-0.05, 0) is 24.1 Å². The smallest absolute Gasteiger partial charge is 0.240 e. The van der Waals surface area contributed by atoms with E-state index in [-0.39, 0.29) is 12.5 Å². The monoisotopic (exact) mass is 384 g/mol. The van der Waals surface area contributed by atoms with E-state index in [2.05, 4.69) is 5.32 Å². The summed E-state index contributed by atoms with van der Waals surface area (Å²) in [5.74, 6) is -0.285. The summed E-state index contributed by atoms with van der Waals surface area (Å²) in [5, 5.41) is 2.83. The third-order valence-corrected chi connectivity index (χ3v) is 5.69. The molecule has 0 bridgehead atoms. The predicted molar refractivity (Wildman–Crippen MR) is 102 cm³/mol. The van der Waals surface area contributed by atoms with Crippen molar-refractivity contribution in [3.63, 3.8) is 0 Å². The molecule has 0 aliphatic carbocycles. The highest BCUT2D eigenvalue weighted by Gasteiger charge is 2.21. The van der Waals surface area contributed by atoms with E-state index < -0.39 is 10.0 Å². The maximum Gasteiger partial charge on any atom is 0.240 e. The highest BCUT2D eigenvalue weighted by atomic mass is 32.2. The molecule has 0 aromatic heterocycles. The van der Waals surface area contributed by atoms with Gasteiger partial charge in [0, 0.05) is 13.0 Å². The second-order valence-electron chi connectivity index (χ2n) is 6.61. The van der Waals surface area contributed by atoms with Crippen LogP contribution in [0.1, 0.15) is 18.9 Å². The number of hydrogen-bond donors (Lipinski definition) is 2. The summed E-state index contributed by atoms with van der Waals surface area (Å²) < 4.78 is 30.6. The first kappa shape index (κ1) is 20.7. The van der Waals surface area contributed by atoms with E-state index in [1.54, 1.807) is 12.1 Å². The van der Waals surface area contributed by atoms with E-state index in [1.165, 1.54) is 4.90 Å². The predicted octanol–water partition coefficient (Wildman–Crippen LogP) is -0.564. The molecular formula is C18H30N3O4S+. The lowest BCUT2D eigenvalue weighted by Gasteiger charge is -2.24. The van der Waals surface area contributed by atoms with Gasteiger partial charge in [-0.1, -0.05) is 19.1 Å². The van der Waals surface area contributed by atoms with Crippen molar-refractivity contribution in [1.29, 1.82) is 0 Å². The number of hydrogen-bond acceptors (Lipinski definition) is 4. The van der Waals surface area contributed by atoms with Crippen LogP contribution in [0.15, 0.2) is 24.3 Å². The molecule has 1 aromatic carbocycles. The van der Waals surface area contributed by atoms with Gasteiger partial charge in [0.15, 0.2) is 0 Å². The fourth-order valence-corrected chi connectivity index (χ4v) is 3.82. The number of rotatable bonds is 9. The fourth-order valence-electron chi connectivity index (χ4n) is 2.96. The highest BCUT2D eigenvalue weighted by molar-refractivity contribution is 7.92. The van der Waals surface area contributed by atoms with Crippen molar-refractivity contribution in [2.75, 3.05) is 56.5 Å². The van der Waals surface area contributed by atoms with Gasteiger partial charge in [-0.3, -0.25) is 9.10 Å². The quantitative estimate of drug-likeness (QED) is 0.559. The zero-order chi connectivity index (χ0) is 19.0. The van der Waals surface area contributed by atoms with Crippen LogP contribution in [0.25, 0.3) is 0 Å². The zero-order valence-corrected chi connectivity index (χ0v) is 16.5. The Labute approximate surface area is 156 Å². The number of anilines is 1. The first-order chi connectivity index (χ1) is 12.4. The molecule has 1 fully saturated rings. The average molecular weight is 385 g/mol. The van der Waals surface area contributed by atoms with Gasteiger partial charge in [-0.15, -0.1) is 0 Å². The minimum absolute atomic E-state index is 0.200. The molecule has 7 nitrogen and oxygen atoms in total. The van der Waals surface area contributed by atoms with Gasteiger partial charge in [0.25, 0.3) is 0 Å². The molecule has 26 heavy (non-hydrogen) atoms. The van der Waals surface area contributed by atoms with Crippen LogP contribution in [-0.4, -0.2) is 66.5 Å². The molecule has 0 radical (unpaired) electrons. The maximum atomic E-state index is 12.2. The molecule has 2 N–H and O–H groups in total. The lowest BCUT2D eigenvalue weighted by Crippen LogP contribution is -3.14. The number of sulfonamides is 1. The molecule has 0 unspecified atom stereocenters. The number of nitrogens with one attached hydrogen (secondary N) is 2. The number of amides is 1. The molecular weight excluding hydrogens is 354 g/mol. The van der Waals surface area contributed by atoms with Crippen LogP contribution in [0, 0.1) is 0 Å². The number of quaternary nitrogens is 1. The molecule has 1 heterocycles. The van der Waals surface area contributed by atoms with Crippen LogP contribution in [0.5, 0.6) is 0 Å². The lowest BCUT2D eigenvalue weighted by molar-refractivity contribution is -0.908. The molecule has 2 rings (SSSR count). The Bertz CT molecular complexity index is 670. The minimum Gasteiger partial charge on any atom is -0.370 e. The summed E-state index contributed by atoms with van der Waals surface area (Å²) in [6.45, 7) is 6.97. The Balaban J connectivity index is 1.84. The van der Waals surface area contributed by atoms with Crippen molar-refractivity contribution in [2.45, 2.75) is 19.8 Å². The summed E-state index contributed by atoms with van der Waals surface area (Å²) in [5.41, 5.74) is 1.63. The zero-order valence-electron chi connectivity index (χ0n) is 15.7. The standard InChI is InChI=1S/C18H29N3O4S/c1-3-16-5-7-17(8-6-16)21(26(2,23)24)15-18(22)19-9-4-10-20-11-13-25-14-12-20/h5-8H,3-4,9-15H2,1-2H3,(H,19,22)/p+1. The Morgan fingerprint density at radius 2 is 1.88 bits per heavy atom. The van der Waals surface area contributed by atoms with E-state index >= 15 is 0 Å². The molecule has 0 saturated carbocycles. The van der Waals surface area contributed by atoms with Crippen molar-refractivity contribution in [1.82, 2.24) is 5.32 Å². The number of aryl methyl sites for hydroxylation is 1. The normalized spacial score (nSPS) is 15.6. The van der Waals surface area contributed by atoms with Gasteiger partial charge < -0.3 is 15.0 Å². The molecule has 8 heteroatoms. The number of ether oxygens (including phenoxy) is 1. The van der Waals surface area contributed by atoms with Crippen LogP contribution in [-0.2, 0) is 26.0 Å². The summed E-state index contributed by atoms with van der Waals surface area (Å²) >= 11 is 0. The first-order valence-corrected chi connectivity index (χ1v) is 11.0. The number of morpholine rings is 1. The van der Waals surface area contributed by atoms with Crippen LogP contribution in [0.2, 0.25) is 0 Å². The van der Waals surface area contributed by atoms with E-state index in [0.29, 0.717) is 12.2 Å². The first-order valence-electron chi connectivity index (χ1n) is 9.15. The molecule has 1 aliphatic rings. The third kappa shape index (κ3) is 6.59. The summed E-state index contributed by atoms with van der Waals surface area (Å²) in [4.78, 5) is 13.7. The summed E-state index contributed by atoms with van der Waals surface area (Å²) in [7, 11) is -3.53. The van der Waals surface area contributed by atoms with Crippen molar-refractivity contribution in [2.24, 2.45) is 0 Å². The second-order valence-corrected chi connectivity index (χ2v) is 8.51. The van der Waals surface area contributed by atoms with Crippen molar-refractivity contribution in [3.8, 4) is 0 Å². The van der Waals surface area contributed by atoms with E-state index in [4.69, 9.17) is 4.74 Å². The molecule has 0 atom stereocenters. The van der Waals surface area contributed by atoms with Crippen molar-refractivity contribution in [3.05, 3.63) is 29.8 Å². The molecule has 1 saturated heterocycles. The topological polar surface area (TPSA) is 80.2 Å². The Morgan fingerprint density at radius 1 is 1.23 bits per heavy atom. The molecule has 1 aromatic rings. The SMILES string of the molecule is CCc1ccc(N(CC(=O)NCCC[NH+]2CCOCC2)S(C)(=O)=O)cc1. The van der Waals surface area contributed by atoms with E-state index in [9.17, 15) is 13.2 Å². The Morgan fingerprint density at radius 3 is 2.46 bits per heavy atom. The second kappa shape index (κ2) is 9.89. The largest absolute Gasteiger partial charge is 0.370 e. The minimum atomic E-state index is -3.53. The van der Waals surface area contributed by atoms with Gasteiger partial charge in [0.1, 0.15) is 19.6 Å². The van der Waals surface area contributed by atoms with E-state index in [0.717, 1.165) is 61.8 Å². The molecule has 146 valence electrons. The van der Waals surface area contributed by atoms with Gasteiger partial charge in [-0.25, -0.2) is 8.42 Å². The van der Waals surface area contributed by atoms with Crippen molar-refractivity contribution >= 4 is 21.6 Å². The third-order valence-electron chi connectivity index (χ3n) is 4.55. The Kier molecular flexibility index (Phi) is 7.86. The number of nitrogens with zero attached hydrogens (tertiary/aromatic N) is 1. The lowest BCUT2D eigenvalue weighted by atomic mass is 10.1. The number of carbonyl (C=O) groups is 1. The molecule has 1 amide bonds. The Hall–Kier alpha value is -1.64. The van der Waals surface area contributed by atoms with Crippen LogP contribution in [0.3, 0.4) is 0 Å². The van der Waals surface area contributed by atoms with Crippen LogP contribution in [0.4, 0.5) is 5.69 Å². The maximum absolute atomic E-state index is 12.2. The van der Waals surface area contributed by atoms with Crippen LogP contribution >= 0.6 is 0 Å². The van der Waals surface area contributed by atoms with Gasteiger partial charge in [-0.2, -0.15) is 0 Å². The van der Waals surface area contributed by atoms with Crippen molar-refractivity contribution < 1.29 is 22.8 Å². The van der Waals surface area contributed by atoms with E-state index in [1.807, 2.05) is 19.1 Å². The number of benzene rings is 1. The summed E-state index contributed by atoms with van der Waals surface area (Å²) in [6, 6.07) is 7.26. The van der Waals surface area contributed by atoms with Gasteiger partial charge in [0.2, 0.25) is 15.9 Å². The summed E-state index contributed by atoms with van der Waals surface area (Å²) in [6.07, 6.45) is 2.87. The fraction of sp³-hybridized carbons (Fsp3) is 0.611. The average Bonchev–Trinajstić information content (AvgIpc) is 2.63. The number of carbonyl (C=O) groups excluding carboxylic acids is 1.